The average molecular weight is 503 g/mol. The second-order valence-corrected chi connectivity index (χ2v) is 7.89. The quantitative estimate of drug-likeness (QED) is 0.372. The van der Waals surface area contributed by atoms with Crippen LogP contribution in [0.25, 0.3) is 0 Å². The van der Waals surface area contributed by atoms with Gasteiger partial charge in [0.05, 0.1) is 6.54 Å². The predicted octanol–water partition coefficient (Wildman–Crippen LogP) is 3.96. The lowest BCUT2D eigenvalue weighted by atomic mass is 10.1. The van der Waals surface area contributed by atoms with Crippen molar-refractivity contribution in [3.05, 3.63) is 106 Å². The van der Waals surface area contributed by atoms with E-state index in [1.165, 1.54) is 63.3 Å². The van der Waals surface area contributed by atoms with Crippen LogP contribution in [0.3, 0.4) is 0 Å². The minimum atomic E-state index is -2.71. The van der Waals surface area contributed by atoms with Gasteiger partial charge in [0.15, 0.2) is 23.0 Å². The first kappa shape index (κ1) is 24.8. The Morgan fingerprint density at radius 1 is 1.03 bits per heavy atom. The monoisotopic (exact) mass is 503 g/mol. The van der Waals surface area contributed by atoms with E-state index in [4.69, 9.17) is 4.74 Å². The number of aromatic nitrogens is 1. The maximum absolute atomic E-state index is 13.7. The number of aromatic hydroxyl groups is 1. The Labute approximate surface area is 203 Å². The van der Waals surface area contributed by atoms with Gasteiger partial charge in [-0.1, -0.05) is 36.4 Å². The Morgan fingerprint density at radius 3 is 2.58 bits per heavy atom. The molecule has 1 aromatic heterocycles. The molecule has 2 aromatic carbocycles. The molecule has 11 heteroatoms. The van der Waals surface area contributed by atoms with Gasteiger partial charge in [0.1, 0.15) is 13.3 Å². The van der Waals surface area contributed by atoms with Crippen molar-refractivity contribution in [2.45, 2.75) is 13.0 Å². The van der Waals surface area contributed by atoms with Crippen molar-refractivity contribution in [1.29, 1.82) is 0 Å². The first-order valence-electron chi connectivity index (χ1n) is 10.8. The van der Waals surface area contributed by atoms with Gasteiger partial charge >= 0.3 is 0 Å². The Morgan fingerprint density at radius 2 is 1.81 bits per heavy atom. The van der Waals surface area contributed by atoms with Gasteiger partial charge in [-0.15, -0.1) is 0 Å². The second-order valence-electron chi connectivity index (χ2n) is 7.89. The molecular weight excluding hydrogens is 482 g/mol. The third-order valence-corrected chi connectivity index (χ3v) is 5.57. The number of nitrogens with zero attached hydrogens (tertiary/aromatic N) is 3. The number of ether oxygens (including phenoxy) is 1. The molecule has 0 aliphatic carbocycles. The van der Waals surface area contributed by atoms with Gasteiger partial charge in [0.2, 0.25) is 11.2 Å². The van der Waals surface area contributed by atoms with Gasteiger partial charge in [0, 0.05) is 24.4 Å². The van der Waals surface area contributed by atoms with Gasteiger partial charge in [-0.2, -0.15) is 4.39 Å². The molecule has 4 rings (SSSR count). The lowest BCUT2D eigenvalue weighted by Crippen LogP contribution is -2.53. The number of alkyl halides is 2. The van der Waals surface area contributed by atoms with E-state index < -0.39 is 35.1 Å². The number of carbonyl (C=O) groups excluding carboxylic acids is 1. The molecule has 7 nitrogen and oxygen atoms in total. The number of carbonyl (C=O) groups is 1. The summed E-state index contributed by atoms with van der Waals surface area (Å²) in [6, 6.07) is 10.6. The van der Waals surface area contributed by atoms with E-state index in [0.29, 0.717) is 5.56 Å². The number of halogens is 4. The summed E-state index contributed by atoms with van der Waals surface area (Å²) < 4.78 is 60.4. The van der Waals surface area contributed by atoms with Crippen LogP contribution >= 0.6 is 0 Å². The fraction of sp³-hybridized carbons (Fsp3) is 0.200. The maximum Gasteiger partial charge on any atom is 0.278 e. The van der Waals surface area contributed by atoms with Crippen LogP contribution in [0, 0.1) is 11.6 Å². The highest BCUT2D eigenvalue weighted by molar-refractivity contribution is 5.96. The Kier molecular flexibility index (Phi) is 7.28. The number of amides is 1. The topological polar surface area (TPSA) is 75.0 Å². The molecule has 1 amide bonds. The first-order valence-corrected chi connectivity index (χ1v) is 10.8. The highest BCUT2D eigenvalue weighted by atomic mass is 19.3. The molecule has 0 saturated heterocycles. The molecule has 0 fully saturated rings. The normalized spacial score (nSPS) is 13.5. The predicted molar refractivity (Wildman–Crippen MR) is 123 cm³/mol. The molecule has 0 radical (unpaired) electrons. The minimum absolute atomic E-state index is 0.00332. The van der Waals surface area contributed by atoms with Crippen molar-refractivity contribution in [1.82, 2.24) is 9.58 Å². The van der Waals surface area contributed by atoms with Crippen LogP contribution in [0.1, 0.15) is 28.0 Å². The largest absolute Gasteiger partial charge is 0.502 e. The molecule has 2 heterocycles. The number of hydrogen-bond acceptors (Lipinski definition) is 5. The van der Waals surface area contributed by atoms with Crippen molar-refractivity contribution in [3.8, 4) is 11.5 Å². The zero-order valence-electron chi connectivity index (χ0n) is 18.8. The molecule has 188 valence electrons. The molecule has 3 aromatic rings. The van der Waals surface area contributed by atoms with Crippen LogP contribution in [-0.2, 0) is 6.54 Å². The summed E-state index contributed by atoms with van der Waals surface area (Å²) in [5.74, 6) is -3.83. The van der Waals surface area contributed by atoms with E-state index >= 15 is 0 Å². The minimum Gasteiger partial charge on any atom is -0.502 e. The smallest absolute Gasteiger partial charge is 0.278 e. The third-order valence-electron chi connectivity index (χ3n) is 5.57. The average Bonchev–Trinajstić information content (AvgIpc) is 2.86. The lowest BCUT2D eigenvalue weighted by molar-refractivity contribution is 0.0705. The second kappa shape index (κ2) is 10.5. The molecule has 0 spiro atoms. The molecule has 1 N–H and O–H groups in total. The molecule has 1 aliphatic heterocycles. The summed E-state index contributed by atoms with van der Waals surface area (Å²) in [5.41, 5.74) is -0.915. The van der Waals surface area contributed by atoms with Crippen LogP contribution in [0.4, 0.5) is 17.6 Å². The summed E-state index contributed by atoms with van der Waals surface area (Å²) in [6.07, 6.45) is 1.61. The highest BCUT2D eigenvalue weighted by Gasteiger charge is 2.32. The zero-order valence-corrected chi connectivity index (χ0v) is 18.8. The summed E-state index contributed by atoms with van der Waals surface area (Å²) in [7, 11) is 0. The molecular formula is C25H21F4N3O4. The summed E-state index contributed by atoms with van der Waals surface area (Å²) in [5, 5.41) is 11.8. The van der Waals surface area contributed by atoms with E-state index in [1.807, 2.05) is 0 Å². The Bertz CT molecular complexity index is 1360. The summed E-state index contributed by atoms with van der Waals surface area (Å²) in [6.45, 7) is -0.195. The molecule has 0 atom stereocenters. The third kappa shape index (κ3) is 5.04. The van der Waals surface area contributed by atoms with Crippen molar-refractivity contribution in [2.24, 2.45) is 0 Å². The fourth-order valence-corrected chi connectivity index (χ4v) is 3.79. The molecule has 0 saturated carbocycles. The van der Waals surface area contributed by atoms with Crippen LogP contribution in [0.2, 0.25) is 0 Å². The van der Waals surface area contributed by atoms with Gasteiger partial charge in [-0.3, -0.25) is 19.3 Å². The van der Waals surface area contributed by atoms with E-state index in [-0.39, 0.29) is 43.4 Å². The van der Waals surface area contributed by atoms with Crippen molar-refractivity contribution in [3.63, 3.8) is 0 Å². The standard InChI is InChI=1S/C25H21F4N3O4/c26-18-8-5-9-20(21(18)27)36-13-4-3-11-30-15-31(14-16-6-1-2-7-17(16)24(28)29)32-12-10-19(33)23(34)22(32)25(30)35/h1-10,12,24,34H,11,13-15H2/b4-3-. The van der Waals surface area contributed by atoms with Crippen molar-refractivity contribution >= 4 is 5.91 Å². The number of fused-ring (bicyclic) bond motifs is 1. The van der Waals surface area contributed by atoms with Crippen LogP contribution < -0.4 is 15.2 Å². The van der Waals surface area contributed by atoms with Crippen molar-refractivity contribution < 1.29 is 32.2 Å². The van der Waals surface area contributed by atoms with Gasteiger partial charge < -0.3 is 14.7 Å². The van der Waals surface area contributed by atoms with Gasteiger partial charge in [-0.05, 0) is 23.8 Å². The van der Waals surface area contributed by atoms with Gasteiger partial charge in [-0.25, -0.2) is 13.2 Å². The number of hydrogen-bond donors (Lipinski definition) is 1. The number of rotatable bonds is 8. The molecule has 1 aliphatic rings. The van der Waals surface area contributed by atoms with E-state index in [1.54, 1.807) is 6.07 Å². The van der Waals surface area contributed by atoms with E-state index in [2.05, 4.69) is 0 Å². The zero-order chi connectivity index (χ0) is 25.8. The SMILES string of the molecule is O=C1c2c(O)c(=O)ccn2N(Cc2ccccc2C(F)F)CN1C/C=C\COc1cccc(F)c1F. The lowest BCUT2D eigenvalue weighted by Gasteiger charge is -2.39. The van der Waals surface area contributed by atoms with Crippen LogP contribution in [0.15, 0.2) is 71.7 Å². The first-order chi connectivity index (χ1) is 17.3. The van der Waals surface area contributed by atoms with Crippen LogP contribution in [0.5, 0.6) is 11.5 Å². The van der Waals surface area contributed by atoms with Gasteiger partial charge in [0.25, 0.3) is 12.3 Å². The van der Waals surface area contributed by atoms with Crippen molar-refractivity contribution in [2.75, 3.05) is 24.8 Å². The highest BCUT2D eigenvalue weighted by Crippen LogP contribution is 2.26. The molecule has 0 bridgehead atoms. The summed E-state index contributed by atoms with van der Waals surface area (Å²) in [4.78, 5) is 26.3. The van der Waals surface area contributed by atoms with E-state index in [9.17, 15) is 32.3 Å². The Balaban J connectivity index is 1.54. The summed E-state index contributed by atoms with van der Waals surface area (Å²) >= 11 is 0. The maximum atomic E-state index is 13.7. The fourth-order valence-electron chi connectivity index (χ4n) is 3.79. The number of pyridine rings is 1. The number of benzene rings is 2. The Hall–Kier alpha value is -4.28. The van der Waals surface area contributed by atoms with Crippen LogP contribution in [-0.4, -0.2) is 40.4 Å². The molecule has 0 unspecified atom stereocenters. The van der Waals surface area contributed by atoms with E-state index in [0.717, 1.165) is 12.1 Å². The molecule has 36 heavy (non-hydrogen) atoms.